The molecule has 1 aliphatic rings. The zero-order valence-corrected chi connectivity index (χ0v) is 14.5. The van der Waals surface area contributed by atoms with Gasteiger partial charge in [0, 0.05) is 19.3 Å². The molecule has 0 unspecified atom stereocenters. The lowest BCUT2D eigenvalue weighted by Gasteiger charge is -2.30. The van der Waals surface area contributed by atoms with Crippen LogP contribution >= 0.6 is 11.3 Å². The first-order valence-electron chi connectivity index (χ1n) is 7.77. The van der Waals surface area contributed by atoms with E-state index in [2.05, 4.69) is 4.98 Å². The molecule has 0 saturated carbocycles. The van der Waals surface area contributed by atoms with Gasteiger partial charge >= 0.3 is 0 Å². The first-order valence-corrected chi connectivity index (χ1v) is 10.1. The third-order valence-corrected chi connectivity index (χ3v) is 7.39. The molecule has 0 aromatic carbocycles. The Kier molecular flexibility index (Phi) is 4.03. The molecule has 8 heteroatoms. The predicted octanol–water partition coefficient (Wildman–Crippen LogP) is 2.63. The van der Waals surface area contributed by atoms with E-state index in [1.54, 1.807) is 21.8 Å². The van der Waals surface area contributed by atoms with E-state index in [1.165, 1.54) is 11.3 Å². The molecular weight excluding hydrogens is 346 g/mol. The highest BCUT2D eigenvalue weighted by molar-refractivity contribution is 7.91. The molecule has 4 rings (SSSR count). The van der Waals surface area contributed by atoms with Crippen LogP contribution in [-0.2, 0) is 10.0 Å². The van der Waals surface area contributed by atoms with Crippen molar-refractivity contribution >= 4 is 27.0 Å². The summed E-state index contributed by atoms with van der Waals surface area (Å²) >= 11 is 1.26. The fraction of sp³-hybridized carbons (Fsp3) is 0.312. The number of hydrogen-bond donors (Lipinski definition) is 0. The summed E-state index contributed by atoms with van der Waals surface area (Å²) in [7, 11) is -3.36. The number of thiophene rings is 1. The van der Waals surface area contributed by atoms with Crippen LogP contribution in [0.4, 0.5) is 0 Å². The number of rotatable bonds is 4. The molecule has 0 amide bonds. The smallest absolute Gasteiger partial charge is 0.252 e. The Labute approximate surface area is 144 Å². The fourth-order valence-electron chi connectivity index (χ4n) is 2.87. The zero-order valence-electron chi connectivity index (χ0n) is 12.9. The van der Waals surface area contributed by atoms with Crippen molar-refractivity contribution in [2.75, 3.05) is 13.1 Å². The lowest BCUT2D eigenvalue weighted by atomic mass is 10.1. The van der Waals surface area contributed by atoms with Crippen molar-refractivity contribution in [3.05, 3.63) is 48.1 Å². The molecule has 0 radical (unpaired) electrons. The van der Waals surface area contributed by atoms with Crippen LogP contribution in [0.5, 0.6) is 5.88 Å². The van der Waals surface area contributed by atoms with E-state index in [-0.39, 0.29) is 6.10 Å². The van der Waals surface area contributed by atoms with Gasteiger partial charge in [0.1, 0.15) is 16.0 Å². The van der Waals surface area contributed by atoms with Crippen LogP contribution in [0.25, 0.3) is 5.65 Å². The Morgan fingerprint density at radius 3 is 2.71 bits per heavy atom. The van der Waals surface area contributed by atoms with Gasteiger partial charge in [-0.1, -0.05) is 12.1 Å². The van der Waals surface area contributed by atoms with Crippen molar-refractivity contribution in [3.63, 3.8) is 0 Å². The summed E-state index contributed by atoms with van der Waals surface area (Å²) in [6.45, 7) is 0.941. The highest BCUT2D eigenvalue weighted by atomic mass is 32.2. The number of imidazole rings is 1. The molecule has 0 aliphatic carbocycles. The molecular formula is C16H17N3O3S2. The second-order valence-corrected chi connectivity index (χ2v) is 8.81. The first-order chi connectivity index (χ1) is 11.6. The van der Waals surface area contributed by atoms with Crippen LogP contribution in [0, 0.1) is 0 Å². The minimum absolute atomic E-state index is 0.00954. The van der Waals surface area contributed by atoms with Crippen molar-refractivity contribution in [3.8, 4) is 5.88 Å². The predicted molar refractivity (Wildman–Crippen MR) is 91.9 cm³/mol. The van der Waals surface area contributed by atoms with Crippen LogP contribution in [-0.4, -0.2) is 41.3 Å². The van der Waals surface area contributed by atoms with Gasteiger partial charge in [0.25, 0.3) is 10.0 Å². The number of ether oxygens (including phenoxy) is 1. The largest absolute Gasteiger partial charge is 0.473 e. The van der Waals surface area contributed by atoms with E-state index in [1.807, 2.05) is 35.0 Å². The maximum absolute atomic E-state index is 12.5. The van der Waals surface area contributed by atoms with Crippen LogP contribution < -0.4 is 4.74 Å². The molecule has 4 heterocycles. The van der Waals surface area contributed by atoms with Crippen LogP contribution in [0.2, 0.25) is 0 Å². The summed E-state index contributed by atoms with van der Waals surface area (Å²) < 4.78 is 34.8. The van der Waals surface area contributed by atoms with E-state index < -0.39 is 10.0 Å². The topological polar surface area (TPSA) is 63.9 Å². The monoisotopic (exact) mass is 363 g/mol. The first kappa shape index (κ1) is 15.6. The van der Waals surface area contributed by atoms with E-state index in [9.17, 15) is 8.42 Å². The van der Waals surface area contributed by atoms with Gasteiger partial charge in [-0.15, -0.1) is 11.3 Å². The number of aromatic nitrogens is 2. The average Bonchev–Trinajstić information content (AvgIpc) is 3.25. The highest BCUT2D eigenvalue weighted by Crippen LogP contribution is 2.25. The maximum Gasteiger partial charge on any atom is 0.252 e. The average molecular weight is 363 g/mol. The minimum atomic E-state index is -3.36. The van der Waals surface area contributed by atoms with Crippen molar-refractivity contribution in [1.29, 1.82) is 0 Å². The van der Waals surface area contributed by atoms with Crippen molar-refractivity contribution < 1.29 is 13.2 Å². The molecule has 3 aromatic heterocycles. The molecule has 126 valence electrons. The zero-order chi connectivity index (χ0) is 16.6. The number of sulfonamides is 1. The standard InChI is InChI=1S/C16H17N3O3S2/c20-24(21,16-5-3-11-23-16)19-9-6-13(7-10-19)22-15-12-18-8-2-1-4-14(18)17-15/h1-5,8,11-13H,6-7,9-10H2. The summed E-state index contributed by atoms with van der Waals surface area (Å²) in [6.07, 6.45) is 5.09. The van der Waals surface area contributed by atoms with Gasteiger partial charge in [-0.2, -0.15) is 9.29 Å². The molecule has 1 fully saturated rings. The van der Waals surface area contributed by atoms with Crippen molar-refractivity contribution in [2.24, 2.45) is 0 Å². The SMILES string of the molecule is O=S(=O)(c1cccs1)N1CCC(Oc2cn3ccccc3n2)CC1. The molecule has 0 bridgehead atoms. The number of pyridine rings is 1. The highest BCUT2D eigenvalue weighted by Gasteiger charge is 2.30. The van der Waals surface area contributed by atoms with Crippen LogP contribution in [0.1, 0.15) is 12.8 Å². The molecule has 1 aliphatic heterocycles. The lowest BCUT2D eigenvalue weighted by Crippen LogP contribution is -2.41. The Morgan fingerprint density at radius 1 is 1.17 bits per heavy atom. The van der Waals surface area contributed by atoms with E-state index >= 15 is 0 Å². The van der Waals surface area contributed by atoms with Gasteiger partial charge in [0.15, 0.2) is 0 Å². The number of fused-ring (bicyclic) bond motifs is 1. The Morgan fingerprint density at radius 2 is 2.00 bits per heavy atom. The normalized spacial score (nSPS) is 17.3. The van der Waals surface area contributed by atoms with Gasteiger partial charge in [-0.25, -0.2) is 8.42 Å². The third kappa shape index (κ3) is 2.92. The number of nitrogens with zero attached hydrogens (tertiary/aromatic N) is 3. The summed E-state index contributed by atoms with van der Waals surface area (Å²) in [6, 6.07) is 9.20. The Balaban J connectivity index is 1.41. The minimum Gasteiger partial charge on any atom is -0.473 e. The van der Waals surface area contributed by atoms with Gasteiger partial charge in [-0.3, -0.25) is 0 Å². The number of piperidine rings is 1. The quantitative estimate of drug-likeness (QED) is 0.715. The van der Waals surface area contributed by atoms with Gasteiger partial charge in [0.05, 0.1) is 6.20 Å². The van der Waals surface area contributed by atoms with Crippen LogP contribution in [0.15, 0.2) is 52.3 Å². The Bertz CT molecular complexity index is 894. The van der Waals surface area contributed by atoms with Crippen molar-refractivity contribution in [2.45, 2.75) is 23.2 Å². The van der Waals surface area contributed by atoms with Gasteiger partial charge < -0.3 is 9.14 Å². The Hall–Kier alpha value is -1.90. The summed E-state index contributed by atoms with van der Waals surface area (Å²) in [5.74, 6) is 0.584. The second kappa shape index (κ2) is 6.19. The maximum atomic E-state index is 12.5. The van der Waals surface area contributed by atoms with E-state index in [4.69, 9.17) is 4.74 Å². The molecule has 3 aromatic rings. The number of hydrogen-bond acceptors (Lipinski definition) is 5. The summed E-state index contributed by atoms with van der Waals surface area (Å²) in [4.78, 5) is 4.43. The van der Waals surface area contributed by atoms with E-state index in [0.717, 1.165) is 5.65 Å². The van der Waals surface area contributed by atoms with Crippen LogP contribution in [0.3, 0.4) is 0 Å². The third-order valence-electron chi connectivity index (χ3n) is 4.12. The molecule has 24 heavy (non-hydrogen) atoms. The van der Waals surface area contributed by atoms with Crippen molar-refractivity contribution in [1.82, 2.24) is 13.7 Å². The van der Waals surface area contributed by atoms with E-state index in [0.29, 0.717) is 36.0 Å². The lowest BCUT2D eigenvalue weighted by molar-refractivity contribution is 0.130. The molecule has 0 spiro atoms. The second-order valence-electron chi connectivity index (χ2n) is 5.70. The molecule has 1 saturated heterocycles. The molecule has 0 atom stereocenters. The molecule has 6 nitrogen and oxygen atoms in total. The summed E-state index contributed by atoms with van der Waals surface area (Å²) in [5.41, 5.74) is 0.838. The molecule has 0 N–H and O–H groups in total. The fourth-order valence-corrected chi connectivity index (χ4v) is 5.48. The van der Waals surface area contributed by atoms with Gasteiger partial charge in [0.2, 0.25) is 5.88 Å². The summed E-state index contributed by atoms with van der Waals surface area (Å²) in [5, 5.41) is 1.78. The van der Waals surface area contributed by atoms with Gasteiger partial charge in [-0.05, 0) is 36.4 Å².